The molecule has 1 aromatic rings. The molecule has 6 nitrogen and oxygen atoms in total. The maximum absolute atomic E-state index is 13.6. The number of piperazine rings is 1. The van der Waals surface area contributed by atoms with Crippen molar-refractivity contribution >= 4 is 21.7 Å². The topological polar surface area (TPSA) is 74.8 Å². The van der Waals surface area contributed by atoms with Crippen LogP contribution in [0.25, 0.3) is 0 Å². The van der Waals surface area contributed by atoms with E-state index in [9.17, 15) is 22.4 Å². The summed E-state index contributed by atoms with van der Waals surface area (Å²) in [5.41, 5.74) is 0.519. The fourth-order valence-corrected chi connectivity index (χ4v) is 3.28. The lowest BCUT2D eigenvalue weighted by Gasteiger charge is -2.35. The predicted octanol–water partition coefficient (Wildman–Crippen LogP) is 0.864. The van der Waals surface area contributed by atoms with Gasteiger partial charge in [0.05, 0.1) is 5.75 Å². The number of amides is 2. The average Bonchev–Trinajstić information content (AvgIpc) is 2.58. The van der Waals surface area contributed by atoms with Crippen molar-refractivity contribution in [3.05, 3.63) is 35.6 Å². The largest absolute Gasteiger partial charge is 0.339 e. The molecule has 8 heteroatoms. The normalized spacial score (nSPS) is 15.3. The van der Waals surface area contributed by atoms with Crippen molar-refractivity contribution in [2.24, 2.45) is 0 Å². The highest BCUT2D eigenvalue weighted by atomic mass is 32.2. The van der Waals surface area contributed by atoms with E-state index in [1.807, 2.05) is 0 Å². The predicted molar refractivity (Wildman–Crippen MR) is 92.2 cm³/mol. The smallest absolute Gasteiger partial charge is 0.223 e. The zero-order valence-electron chi connectivity index (χ0n) is 14.3. The number of carbonyl (C=O) groups excluding carboxylic acids is 2. The lowest BCUT2D eigenvalue weighted by molar-refractivity contribution is -0.139. The van der Waals surface area contributed by atoms with Gasteiger partial charge in [0.25, 0.3) is 0 Å². The van der Waals surface area contributed by atoms with Crippen molar-refractivity contribution < 1.29 is 22.4 Å². The Kier molecular flexibility index (Phi) is 6.52. The van der Waals surface area contributed by atoms with Crippen molar-refractivity contribution in [3.63, 3.8) is 0 Å². The summed E-state index contributed by atoms with van der Waals surface area (Å²) in [5.74, 6) is -0.736. The van der Waals surface area contributed by atoms with Crippen LogP contribution in [0, 0.1) is 5.82 Å². The van der Waals surface area contributed by atoms with Crippen molar-refractivity contribution in [2.45, 2.75) is 19.3 Å². The minimum Gasteiger partial charge on any atom is -0.339 e. The summed E-state index contributed by atoms with van der Waals surface area (Å²) in [6.07, 6.45) is 1.65. The molecule has 0 aliphatic carbocycles. The molecule has 138 valence electrons. The van der Waals surface area contributed by atoms with Crippen LogP contribution < -0.4 is 0 Å². The van der Waals surface area contributed by atoms with Gasteiger partial charge in [-0.1, -0.05) is 18.2 Å². The van der Waals surface area contributed by atoms with Gasteiger partial charge in [-0.3, -0.25) is 9.59 Å². The Hall–Kier alpha value is -1.96. The van der Waals surface area contributed by atoms with Gasteiger partial charge >= 0.3 is 0 Å². The molecule has 1 saturated heterocycles. The highest BCUT2D eigenvalue weighted by Gasteiger charge is 2.24. The molecule has 1 aromatic carbocycles. The third-order valence-corrected chi connectivity index (χ3v) is 5.18. The Morgan fingerprint density at radius 2 is 1.52 bits per heavy atom. The lowest BCUT2D eigenvalue weighted by Crippen LogP contribution is -2.50. The zero-order chi connectivity index (χ0) is 18.4. The van der Waals surface area contributed by atoms with E-state index in [1.165, 1.54) is 6.07 Å². The molecule has 2 rings (SSSR count). The van der Waals surface area contributed by atoms with E-state index in [-0.39, 0.29) is 36.2 Å². The first-order valence-corrected chi connectivity index (χ1v) is 10.3. The van der Waals surface area contributed by atoms with Gasteiger partial charge in [-0.25, -0.2) is 12.8 Å². The molecule has 0 N–H and O–H groups in total. The van der Waals surface area contributed by atoms with Crippen molar-refractivity contribution in [1.29, 1.82) is 0 Å². The van der Waals surface area contributed by atoms with Crippen molar-refractivity contribution in [1.82, 2.24) is 9.80 Å². The van der Waals surface area contributed by atoms with Gasteiger partial charge < -0.3 is 9.80 Å². The van der Waals surface area contributed by atoms with Crippen LogP contribution in [-0.4, -0.2) is 68.2 Å². The van der Waals surface area contributed by atoms with E-state index < -0.39 is 9.84 Å². The molecule has 0 radical (unpaired) electrons. The summed E-state index contributed by atoms with van der Waals surface area (Å²) < 4.78 is 35.8. The summed E-state index contributed by atoms with van der Waals surface area (Å²) in [5, 5.41) is 0. The second kappa shape index (κ2) is 8.42. The molecular formula is C17H23FN2O4S. The van der Waals surface area contributed by atoms with Gasteiger partial charge in [-0.05, 0) is 18.1 Å². The van der Waals surface area contributed by atoms with Gasteiger partial charge in [0.2, 0.25) is 11.8 Å². The van der Waals surface area contributed by atoms with E-state index in [4.69, 9.17) is 0 Å². The van der Waals surface area contributed by atoms with Crippen LogP contribution in [0.5, 0.6) is 0 Å². The number of nitrogens with zero attached hydrogens (tertiary/aromatic N) is 2. The van der Waals surface area contributed by atoms with Crippen LogP contribution in [0.1, 0.15) is 18.4 Å². The minimum absolute atomic E-state index is 0.0277. The van der Waals surface area contributed by atoms with E-state index in [0.717, 1.165) is 6.26 Å². The molecule has 0 atom stereocenters. The van der Waals surface area contributed by atoms with E-state index >= 15 is 0 Å². The first kappa shape index (κ1) is 19.4. The molecule has 2 amide bonds. The molecule has 0 unspecified atom stereocenters. The molecule has 0 spiro atoms. The Morgan fingerprint density at radius 1 is 1.00 bits per heavy atom. The Bertz CT molecular complexity index is 728. The second-order valence-corrected chi connectivity index (χ2v) is 8.49. The third kappa shape index (κ3) is 6.12. The maximum Gasteiger partial charge on any atom is 0.223 e. The van der Waals surface area contributed by atoms with Crippen molar-refractivity contribution in [2.75, 3.05) is 38.2 Å². The van der Waals surface area contributed by atoms with Gasteiger partial charge in [-0.2, -0.15) is 0 Å². The lowest BCUT2D eigenvalue weighted by atomic mass is 10.1. The number of benzene rings is 1. The summed E-state index contributed by atoms with van der Waals surface area (Å²) in [4.78, 5) is 27.5. The maximum atomic E-state index is 13.6. The number of rotatable bonds is 6. The first-order chi connectivity index (χ1) is 11.8. The standard InChI is InChI=1S/C17H23FN2O4S/c1-25(23,24)13-8-17(22)20-11-9-19(10-12-20)16(21)7-6-14-4-2-3-5-15(14)18/h2-5H,6-13H2,1H3. The summed E-state index contributed by atoms with van der Waals surface area (Å²) in [6, 6.07) is 6.39. The van der Waals surface area contributed by atoms with Gasteiger partial charge in [-0.15, -0.1) is 0 Å². The van der Waals surface area contributed by atoms with Crippen LogP contribution in [-0.2, 0) is 25.8 Å². The summed E-state index contributed by atoms with van der Waals surface area (Å²) in [7, 11) is -3.16. The molecule has 25 heavy (non-hydrogen) atoms. The van der Waals surface area contributed by atoms with E-state index in [0.29, 0.717) is 38.2 Å². The molecule has 1 aliphatic rings. The number of sulfone groups is 1. The fraction of sp³-hybridized carbons (Fsp3) is 0.529. The molecule has 1 fully saturated rings. The Balaban J connectivity index is 1.76. The number of carbonyl (C=O) groups is 2. The number of hydrogen-bond acceptors (Lipinski definition) is 4. The number of hydrogen-bond donors (Lipinski definition) is 0. The van der Waals surface area contributed by atoms with Gasteiger partial charge in [0.1, 0.15) is 15.7 Å². The summed E-state index contributed by atoms with van der Waals surface area (Å²) >= 11 is 0. The Labute approximate surface area is 147 Å². The summed E-state index contributed by atoms with van der Waals surface area (Å²) in [6.45, 7) is 1.63. The first-order valence-electron chi connectivity index (χ1n) is 8.23. The Morgan fingerprint density at radius 3 is 2.04 bits per heavy atom. The minimum atomic E-state index is -3.16. The third-order valence-electron chi connectivity index (χ3n) is 4.24. The number of aryl methyl sites for hydroxylation is 1. The van der Waals surface area contributed by atoms with Crippen LogP contribution in [0.15, 0.2) is 24.3 Å². The molecule has 0 aromatic heterocycles. The van der Waals surface area contributed by atoms with Gasteiger partial charge in [0, 0.05) is 45.3 Å². The zero-order valence-corrected chi connectivity index (χ0v) is 15.1. The van der Waals surface area contributed by atoms with E-state index in [1.54, 1.807) is 28.0 Å². The van der Waals surface area contributed by atoms with Crippen LogP contribution in [0.3, 0.4) is 0 Å². The molecule has 0 bridgehead atoms. The second-order valence-electron chi connectivity index (χ2n) is 6.23. The van der Waals surface area contributed by atoms with Crippen LogP contribution in [0.4, 0.5) is 4.39 Å². The molecule has 0 saturated carbocycles. The average molecular weight is 370 g/mol. The molecule has 1 heterocycles. The van der Waals surface area contributed by atoms with Gasteiger partial charge in [0.15, 0.2) is 0 Å². The molecule has 1 aliphatic heterocycles. The number of halogens is 1. The highest BCUT2D eigenvalue weighted by molar-refractivity contribution is 7.90. The van der Waals surface area contributed by atoms with Crippen molar-refractivity contribution in [3.8, 4) is 0 Å². The molecular weight excluding hydrogens is 347 g/mol. The van der Waals surface area contributed by atoms with E-state index in [2.05, 4.69) is 0 Å². The van der Waals surface area contributed by atoms with Crippen LogP contribution >= 0.6 is 0 Å². The quantitative estimate of drug-likeness (QED) is 0.745. The highest BCUT2D eigenvalue weighted by Crippen LogP contribution is 2.11. The fourth-order valence-electron chi connectivity index (χ4n) is 2.74. The van der Waals surface area contributed by atoms with Crippen LogP contribution in [0.2, 0.25) is 0 Å². The monoisotopic (exact) mass is 370 g/mol. The SMILES string of the molecule is CS(=O)(=O)CCC(=O)N1CCN(C(=O)CCc2ccccc2F)CC1.